The number of likely N-dealkylation sites (tertiary alicyclic amines) is 2. The van der Waals surface area contributed by atoms with Crippen molar-refractivity contribution in [1.82, 2.24) is 15.1 Å². The minimum Gasteiger partial charge on any atom is -0.493 e. The summed E-state index contributed by atoms with van der Waals surface area (Å²) in [6.07, 6.45) is 7.74. The maximum absolute atomic E-state index is 6.49. The molecular formula is C35H47N3O2. The van der Waals surface area contributed by atoms with Gasteiger partial charge >= 0.3 is 0 Å². The van der Waals surface area contributed by atoms with Gasteiger partial charge in [-0.25, -0.2) is 0 Å². The highest BCUT2D eigenvalue weighted by Crippen LogP contribution is 2.32. The van der Waals surface area contributed by atoms with Crippen molar-refractivity contribution in [3.63, 3.8) is 0 Å². The van der Waals surface area contributed by atoms with Crippen molar-refractivity contribution < 1.29 is 9.47 Å². The van der Waals surface area contributed by atoms with Gasteiger partial charge in [0.05, 0.1) is 7.11 Å². The highest BCUT2D eigenvalue weighted by Gasteiger charge is 2.25. The van der Waals surface area contributed by atoms with Crippen molar-refractivity contribution in [2.45, 2.75) is 57.1 Å². The third-order valence-corrected chi connectivity index (χ3v) is 8.53. The Morgan fingerprint density at radius 2 is 1.40 bits per heavy atom. The Balaban J connectivity index is 1.10. The van der Waals surface area contributed by atoms with Gasteiger partial charge in [-0.2, -0.15) is 0 Å². The van der Waals surface area contributed by atoms with Crippen LogP contribution in [0.3, 0.4) is 0 Å². The summed E-state index contributed by atoms with van der Waals surface area (Å²) < 4.78 is 12.2. The molecule has 2 saturated heterocycles. The molecular weight excluding hydrogens is 494 g/mol. The third-order valence-electron chi connectivity index (χ3n) is 8.53. The molecule has 40 heavy (non-hydrogen) atoms. The largest absolute Gasteiger partial charge is 0.493 e. The number of piperidine rings is 1. The molecule has 0 saturated carbocycles. The van der Waals surface area contributed by atoms with E-state index in [0.29, 0.717) is 5.92 Å². The fourth-order valence-corrected chi connectivity index (χ4v) is 6.17. The molecule has 5 heteroatoms. The summed E-state index contributed by atoms with van der Waals surface area (Å²) in [6.45, 7) is 8.63. The minimum absolute atomic E-state index is 0.217. The first-order valence-corrected chi connectivity index (χ1v) is 15.4. The normalized spacial score (nSPS) is 17.6. The van der Waals surface area contributed by atoms with Crippen LogP contribution in [0.4, 0.5) is 0 Å². The number of nitrogens with one attached hydrogen (secondary N) is 1. The summed E-state index contributed by atoms with van der Waals surface area (Å²) in [5.74, 6) is 2.08. The first-order chi connectivity index (χ1) is 19.8. The van der Waals surface area contributed by atoms with Crippen LogP contribution in [0, 0.1) is 0 Å². The predicted molar refractivity (Wildman–Crippen MR) is 164 cm³/mol. The van der Waals surface area contributed by atoms with Crippen molar-refractivity contribution in [1.29, 1.82) is 0 Å². The highest BCUT2D eigenvalue weighted by molar-refractivity contribution is 5.43. The number of benzene rings is 3. The number of methoxy groups -OCH3 is 1. The smallest absolute Gasteiger partial charge is 0.161 e. The Hall–Kier alpha value is -2.86. The lowest BCUT2D eigenvalue weighted by molar-refractivity contribution is 0.0963. The molecule has 3 aromatic carbocycles. The molecule has 2 aliphatic rings. The molecule has 0 atom stereocenters. The van der Waals surface area contributed by atoms with Crippen LogP contribution in [-0.4, -0.2) is 68.8 Å². The average molecular weight is 542 g/mol. The number of hydrogen-bond donors (Lipinski definition) is 1. The van der Waals surface area contributed by atoms with Gasteiger partial charge < -0.3 is 24.6 Å². The summed E-state index contributed by atoms with van der Waals surface area (Å²) >= 11 is 0. The van der Waals surface area contributed by atoms with Gasteiger partial charge in [-0.3, -0.25) is 0 Å². The van der Waals surface area contributed by atoms with Crippen LogP contribution < -0.4 is 14.8 Å². The van der Waals surface area contributed by atoms with E-state index in [4.69, 9.17) is 9.47 Å². The fraction of sp³-hybridized carbons (Fsp3) is 0.486. The van der Waals surface area contributed by atoms with Crippen LogP contribution in [0.5, 0.6) is 11.5 Å². The standard InChI is InChI=1S/C35H47N3O2/c1-39-35-26-29(27-36-20-25-37-21-10-2-3-11-22-37)16-17-34(35)40-32-18-23-38(24-19-32)28-33(30-12-6-4-7-13-30)31-14-8-5-9-15-31/h4-9,12-17,26,32-33,36H,2-3,10-11,18-25,27-28H2,1H3. The zero-order valence-corrected chi connectivity index (χ0v) is 24.3. The van der Waals surface area contributed by atoms with E-state index in [1.165, 1.54) is 55.5 Å². The molecule has 0 aromatic heterocycles. The molecule has 0 spiro atoms. The lowest BCUT2D eigenvalue weighted by Crippen LogP contribution is -2.40. The Morgan fingerprint density at radius 1 is 0.750 bits per heavy atom. The molecule has 0 bridgehead atoms. The molecule has 1 N–H and O–H groups in total. The van der Waals surface area contributed by atoms with Crippen molar-refractivity contribution in [3.8, 4) is 11.5 Å². The molecule has 5 rings (SSSR count). The summed E-state index contributed by atoms with van der Waals surface area (Å²) in [7, 11) is 1.74. The van der Waals surface area contributed by atoms with E-state index < -0.39 is 0 Å². The van der Waals surface area contributed by atoms with Crippen molar-refractivity contribution in [3.05, 3.63) is 95.6 Å². The molecule has 2 fully saturated rings. The molecule has 3 aromatic rings. The van der Waals surface area contributed by atoms with E-state index >= 15 is 0 Å². The average Bonchev–Trinajstić information content (AvgIpc) is 3.29. The summed E-state index contributed by atoms with van der Waals surface area (Å²) in [6, 6.07) is 28.2. The Kier molecular flexibility index (Phi) is 10.9. The SMILES string of the molecule is COc1cc(CNCCN2CCCCCC2)ccc1OC1CCN(CC(c2ccccc2)c2ccccc2)CC1. The third kappa shape index (κ3) is 8.33. The first-order valence-electron chi connectivity index (χ1n) is 15.4. The first kappa shape index (κ1) is 28.7. The van der Waals surface area contributed by atoms with Crippen LogP contribution in [0.1, 0.15) is 61.1 Å². The van der Waals surface area contributed by atoms with E-state index in [2.05, 4.69) is 94.0 Å². The lowest BCUT2D eigenvalue weighted by Gasteiger charge is -2.35. The van der Waals surface area contributed by atoms with Crippen LogP contribution in [0.15, 0.2) is 78.9 Å². The topological polar surface area (TPSA) is 37.0 Å². The second-order valence-electron chi connectivity index (χ2n) is 11.4. The zero-order valence-electron chi connectivity index (χ0n) is 24.3. The maximum atomic E-state index is 6.49. The van der Waals surface area contributed by atoms with Crippen LogP contribution in [-0.2, 0) is 6.54 Å². The lowest BCUT2D eigenvalue weighted by atomic mass is 9.90. The van der Waals surface area contributed by atoms with E-state index in [-0.39, 0.29) is 6.10 Å². The number of ether oxygens (including phenoxy) is 2. The molecule has 0 radical (unpaired) electrons. The molecule has 0 unspecified atom stereocenters. The Morgan fingerprint density at radius 3 is 2.02 bits per heavy atom. The summed E-state index contributed by atoms with van der Waals surface area (Å²) in [4.78, 5) is 5.20. The van der Waals surface area contributed by atoms with Gasteiger partial charge in [-0.05, 0) is 67.6 Å². The quantitative estimate of drug-likeness (QED) is 0.271. The van der Waals surface area contributed by atoms with Gasteiger partial charge in [0.1, 0.15) is 6.10 Å². The van der Waals surface area contributed by atoms with Gasteiger partial charge in [0.25, 0.3) is 0 Å². The van der Waals surface area contributed by atoms with Gasteiger partial charge in [0.15, 0.2) is 11.5 Å². The summed E-state index contributed by atoms with van der Waals surface area (Å²) in [5.41, 5.74) is 4.00. The van der Waals surface area contributed by atoms with Crippen LogP contribution >= 0.6 is 0 Å². The van der Waals surface area contributed by atoms with E-state index in [1.54, 1.807) is 7.11 Å². The molecule has 0 aliphatic carbocycles. The van der Waals surface area contributed by atoms with Crippen LogP contribution in [0.2, 0.25) is 0 Å². The van der Waals surface area contributed by atoms with Crippen molar-refractivity contribution in [2.24, 2.45) is 0 Å². The predicted octanol–water partition coefficient (Wildman–Crippen LogP) is 6.34. The second-order valence-corrected chi connectivity index (χ2v) is 11.4. The fourth-order valence-electron chi connectivity index (χ4n) is 6.17. The summed E-state index contributed by atoms with van der Waals surface area (Å²) in [5, 5.41) is 3.62. The molecule has 2 heterocycles. The molecule has 5 nitrogen and oxygen atoms in total. The van der Waals surface area contributed by atoms with Gasteiger partial charge in [0.2, 0.25) is 0 Å². The van der Waals surface area contributed by atoms with Crippen molar-refractivity contribution >= 4 is 0 Å². The minimum atomic E-state index is 0.217. The van der Waals surface area contributed by atoms with E-state index in [0.717, 1.165) is 63.6 Å². The number of hydrogen-bond acceptors (Lipinski definition) is 5. The molecule has 0 amide bonds. The second kappa shape index (κ2) is 15.2. The zero-order chi connectivity index (χ0) is 27.4. The van der Waals surface area contributed by atoms with Gasteiger partial charge in [-0.15, -0.1) is 0 Å². The molecule has 2 aliphatic heterocycles. The number of rotatable bonds is 12. The monoisotopic (exact) mass is 541 g/mol. The van der Waals surface area contributed by atoms with E-state index in [1.807, 2.05) is 0 Å². The number of nitrogens with zero attached hydrogens (tertiary/aromatic N) is 2. The van der Waals surface area contributed by atoms with Gasteiger partial charge in [-0.1, -0.05) is 79.6 Å². The van der Waals surface area contributed by atoms with Crippen LogP contribution in [0.25, 0.3) is 0 Å². The highest BCUT2D eigenvalue weighted by atomic mass is 16.5. The molecule has 214 valence electrons. The van der Waals surface area contributed by atoms with E-state index in [9.17, 15) is 0 Å². The maximum Gasteiger partial charge on any atom is 0.161 e. The Labute approximate surface area is 241 Å². The Bertz CT molecular complexity index is 1080. The van der Waals surface area contributed by atoms with Crippen molar-refractivity contribution in [2.75, 3.05) is 52.9 Å². The van der Waals surface area contributed by atoms with Gasteiger partial charge in [0, 0.05) is 45.2 Å².